The van der Waals surface area contributed by atoms with Crippen molar-refractivity contribution in [3.63, 3.8) is 0 Å². The van der Waals surface area contributed by atoms with Crippen molar-refractivity contribution in [3.05, 3.63) is 24.3 Å². The summed E-state index contributed by atoms with van der Waals surface area (Å²) < 4.78 is 0. The van der Waals surface area contributed by atoms with Crippen LogP contribution in [0.3, 0.4) is 0 Å². The molecule has 1 fully saturated rings. The van der Waals surface area contributed by atoms with Crippen molar-refractivity contribution in [1.29, 1.82) is 5.41 Å². The van der Waals surface area contributed by atoms with Gasteiger partial charge < -0.3 is 5.41 Å². The first-order valence-electron chi connectivity index (χ1n) is 6.29. The third-order valence-electron chi connectivity index (χ3n) is 2.96. The van der Waals surface area contributed by atoms with Gasteiger partial charge in [0.1, 0.15) is 0 Å². The first kappa shape index (κ1) is 14.4. The highest BCUT2D eigenvalue weighted by molar-refractivity contribution is 8.14. The maximum absolute atomic E-state index is 11.8. The van der Waals surface area contributed by atoms with E-state index in [9.17, 15) is 4.79 Å². The molecule has 20 heavy (non-hydrogen) atoms. The summed E-state index contributed by atoms with van der Waals surface area (Å²) >= 11 is 1.36. The van der Waals surface area contributed by atoms with Gasteiger partial charge in [0.2, 0.25) is 0 Å². The van der Waals surface area contributed by atoms with E-state index in [-0.39, 0.29) is 16.9 Å². The summed E-state index contributed by atoms with van der Waals surface area (Å²) in [7, 11) is 0. The van der Waals surface area contributed by atoms with Crippen LogP contribution in [0.5, 0.6) is 0 Å². The Bertz CT molecular complexity index is 555. The third-order valence-corrected chi connectivity index (χ3v) is 3.83. The highest BCUT2D eigenvalue weighted by atomic mass is 32.2. The molecule has 0 saturated heterocycles. The van der Waals surface area contributed by atoms with Gasteiger partial charge in [-0.3, -0.25) is 15.5 Å². The Hall–Kier alpha value is -2.00. The molecule has 0 bridgehead atoms. The van der Waals surface area contributed by atoms with Crippen molar-refractivity contribution >= 4 is 29.1 Å². The predicted molar refractivity (Wildman–Crippen MR) is 82.2 cm³/mol. The molecule has 6 heteroatoms. The van der Waals surface area contributed by atoms with E-state index in [4.69, 9.17) is 5.41 Å². The van der Waals surface area contributed by atoms with E-state index in [0.29, 0.717) is 17.0 Å². The molecule has 0 radical (unpaired) electrons. The maximum Gasteiger partial charge on any atom is 0.258 e. The van der Waals surface area contributed by atoms with Crippen LogP contribution < -0.4 is 10.7 Å². The number of hydrogen-bond acceptors (Lipinski definition) is 5. The lowest BCUT2D eigenvalue weighted by Gasteiger charge is -2.03. The topological polar surface area (TPSA) is 77.3 Å². The van der Waals surface area contributed by atoms with Crippen LogP contribution in [0.4, 0.5) is 0 Å². The molecule has 1 heterocycles. The molecule has 3 unspecified atom stereocenters. The number of hydrazone groups is 1. The van der Waals surface area contributed by atoms with Gasteiger partial charge in [-0.05, 0) is 30.2 Å². The van der Waals surface area contributed by atoms with E-state index >= 15 is 0 Å². The van der Waals surface area contributed by atoms with E-state index in [1.165, 1.54) is 30.3 Å². The van der Waals surface area contributed by atoms with Gasteiger partial charge in [-0.2, -0.15) is 5.10 Å². The van der Waals surface area contributed by atoms with E-state index in [0.717, 1.165) is 6.21 Å². The van der Waals surface area contributed by atoms with E-state index in [1.54, 1.807) is 0 Å². The molecule has 0 spiro atoms. The Morgan fingerprint density at radius 1 is 1.65 bits per heavy atom. The fraction of sp³-hybridized carbons (Fsp3) is 0.357. The van der Waals surface area contributed by atoms with Gasteiger partial charge >= 0.3 is 0 Å². The molecule has 1 aliphatic heterocycles. The largest absolute Gasteiger partial charge is 0.308 e. The minimum absolute atomic E-state index is 0.120. The van der Waals surface area contributed by atoms with Crippen LogP contribution in [-0.2, 0) is 4.79 Å². The number of carbonyl (C=O) groups is 1. The lowest BCUT2D eigenvalue weighted by molar-refractivity contribution is -0.115. The first-order chi connectivity index (χ1) is 9.63. The van der Waals surface area contributed by atoms with E-state index < -0.39 is 0 Å². The van der Waals surface area contributed by atoms with Crippen LogP contribution in [0.2, 0.25) is 0 Å². The predicted octanol–water partition coefficient (Wildman–Crippen LogP) is 1.46. The first-order valence-corrected chi connectivity index (χ1v) is 7.17. The van der Waals surface area contributed by atoms with Crippen molar-refractivity contribution in [2.45, 2.75) is 18.7 Å². The summed E-state index contributed by atoms with van der Waals surface area (Å²) in [5.41, 5.74) is 3.09. The smallest absolute Gasteiger partial charge is 0.258 e. The molecule has 0 aromatic carbocycles. The minimum Gasteiger partial charge on any atom is -0.308 e. The Balaban J connectivity index is 1.84. The summed E-state index contributed by atoms with van der Waals surface area (Å²) in [4.78, 5) is 11.8. The van der Waals surface area contributed by atoms with Crippen molar-refractivity contribution in [3.8, 4) is 11.8 Å². The molecule has 1 saturated carbocycles. The van der Waals surface area contributed by atoms with Gasteiger partial charge in [-0.1, -0.05) is 31.4 Å². The third kappa shape index (κ3) is 3.75. The van der Waals surface area contributed by atoms with Crippen LogP contribution in [-0.4, -0.2) is 22.7 Å². The Labute approximate surface area is 122 Å². The van der Waals surface area contributed by atoms with Crippen LogP contribution in [0.25, 0.3) is 0 Å². The molecule has 1 aliphatic carbocycles. The van der Waals surface area contributed by atoms with Gasteiger partial charge in [0.05, 0.1) is 5.57 Å². The number of rotatable bonds is 3. The molecule has 2 aliphatic rings. The van der Waals surface area contributed by atoms with E-state index in [1.807, 2.05) is 0 Å². The lowest BCUT2D eigenvalue weighted by Crippen LogP contribution is -2.29. The molecule has 104 valence electrons. The number of carbonyl (C=O) groups excluding carboxylic acids is 1. The van der Waals surface area contributed by atoms with Gasteiger partial charge in [0.25, 0.3) is 5.91 Å². The molecular weight excluding hydrogens is 272 g/mol. The van der Waals surface area contributed by atoms with Crippen molar-refractivity contribution in [1.82, 2.24) is 10.7 Å². The van der Waals surface area contributed by atoms with Crippen LogP contribution >= 0.6 is 11.8 Å². The minimum atomic E-state index is -0.377. The number of allylic oxidation sites excluding steroid dienone is 2. The average Bonchev–Trinajstić information content (AvgIpc) is 2.95. The number of nitrogens with one attached hydrogen (secondary N) is 3. The molecule has 1 amide bonds. The normalized spacial score (nSPS) is 27.6. The molecule has 2 rings (SSSR count). The molecule has 0 aromatic rings. The van der Waals surface area contributed by atoms with Crippen molar-refractivity contribution < 1.29 is 4.79 Å². The average molecular weight is 288 g/mol. The Kier molecular flexibility index (Phi) is 4.64. The van der Waals surface area contributed by atoms with Gasteiger partial charge in [0.15, 0.2) is 10.5 Å². The molecule has 3 N–H and O–H groups in total. The Morgan fingerprint density at radius 3 is 3.00 bits per heavy atom. The monoisotopic (exact) mass is 288 g/mol. The highest BCUT2D eigenvalue weighted by Gasteiger charge is 2.31. The van der Waals surface area contributed by atoms with Gasteiger partial charge in [-0.15, -0.1) is 0 Å². The summed E-state index contributed by atoms with van der Waals surface area (Å²) in [6, 6.07) is 0. The van der Waals surface area contributed by atoms with Crippen LogP contribution in [0, 0.1) is 29.1 Å². The quantitative estimate of drug-likeness (QED) is 0.318. The second-order valence-electron chi connectivity index (χ2n) is 4.61. The van der Waals surface area contributed by atoms with Crippen molar-refractivity contribution in [2.75, 3.05) is 0 Å². The summed E-state index contributed by atoms with van der Waals surface area (Å²) in [6.07, 6.45) is 5.09. The highest BCUT2D eigenvalue weighted by Crippen LogP contribution is 2.36. The van der Waals surface area contributed by atoms with Gasteiger partial charge in [0, 0.05) is 12.1 Å². The number of amides is 1. The maximum atomic E-state index is 11.8. The van der Waals surface area contributed by atoms with Crippen molar-refractivity contribution in [2.24, 2.45) is 16.9 Å². The number of amidine groups is 1. The Morgan fingerprint density at radius 2 is 2.40 bits per heavy atom. The van der Waals surface area contributed by atoms with E-state index in [2.05, 4.69) is 41.2 Å². The zero-order valence-electron chi connectivity index (χ0n) is 11.1. The SMILES string of the molecule is C=C/C=C(/C=N)C(=O)NC1=NNC(C#CC2CC2C)S1. The summed E-state index contributed by atoms with van der Waals surface area (Å²) in [6.45, 7) is 5.68. The number of hydrogen-bond donors (Lipinski definition) is 3. The standard InChI is InChI=1S/C14H16N4OS/c1-3-4-11(8-15)13(19)16-14-18-17-12(20-14)6-5-10-7-9(10)2/h3-4,8-10,12,15,17H,1,7H2,2H3,(H,16,18,19)/b11-4-,15-8?. The molecule has 0 aromatic heterocycles. The zero-order valence-corrected chi connectivity index (χ0v) is 12.0. The number of nitrogens with zero attached hydrogens (tertiary/aromatic N) is 1. The summed E-state index contributed by atoms with van der Waals surface area (Å²) in [5.74, 6) is 7.14. The fourth-order valence-electron chi connectivity index (χ4n) is 1.59. The number of thioether (sulfide) groups is 1. The van der Waals surface area contributed by atoms with Crippen LogP contribution in [0.15, 0.2) is 29.4 Å². The fourth-order valence-corrected chi connectivity index (χ4v) is 2.30. The summed E-state index contributed by atoms with van der Waals surface area (Å²) in [5, 5.41) is 14.2. The van der Waals surface area contributed by atoms with Crippen LogP contribution in [0.1, 0.15) is 13.3 Å². The second-order valence-corrected chi connectivity index (χ2v) is 5.70. The molecule has 3 atom stereocenters. The van der Waals surface area contributed by atoms with Gasteiger partial charge in [-0.25, -0.2) is 0 Å². The molecule has 5 nitrogen and oxygen atoms in total. The zero-order chi connectivity index (χ0) is 14.5. The molecular formula is C14H16N4OS. The lowest BCUT2D eigenvalue weighted by atomic mass is 10.2. The second kappa shape index (κ2) is 6.44.